The van der Waals surface area contributed by atoms with E-state index in [4.69, 9.17) is 11.0 Å². The molecule has 6 nitrogen and oxygen atoms in total. The second kappa shape index (κ2) is 3.75. The van der Waals surface area contributed by atoms with Crippen molar-refractivity contribution in [2.45, 2.75) is 6.92 Å². The number of carbonyl (C=O) groups excluding carboxylic acids is 1. The largest absolute Gasteiger partial charge is 0.366 e. The van der Waals surface area contributed by atoms with Gasteiger partial charge in [0.15, 0.2) is 0 Å². The molecular weight excluding hydrogens is 198 g/mol. The first-order valence-corrected chi connectivity index (χ1v) is 3.97. The van der Waals surface area contributed by atoms with Gasteiger partial charge in [0.1, 0.15) is 11.6 Å². The molecule has 0 aliphatic carbocycles. The van der Waals surface area contributed by atoms with Gasteiger partial charge in [-0.25, -0.2) is 0 Å². The predicted molar refractivity (Wildman–Crippen MR) is 51.1 cm³/mol. The van der Waals surface area contributed by atoms with Crippen LogP contribution >= 0.6 is 0 Å². The van der Waals surface area contributed by atoms with Crippen LogP contribution in [0.5, 0.6) is 0 Å². The Labute approximate surface area is 85.1 Å². The van der Waals surface area contributed by atoms with Gasteiger partial charge >= 0.3 is 0 Å². The first-order valence-electron chi connectivity index (χ1n) is 3.97. The van der Waals surface area contributed by atoms with Gasteiger partial charge in [-0.1, -0.05) is 0 Å². The summed E-state index contributed by atoms with van der Waals surface area (Å²) in [6.07, 6.45) is 0. The van der Waals surface area contributed by atoms with E-state index >= 15 is 0 Å². The Kier molecular flexibility index (Phi) is 2.67. The third-order valence-electron chi connectivity index (χ3n) is 2.00. The first kappa shape index (κ1) is 10.7. The highest BCUT2D eigenvalue weighted by atomic mass is 16.6. The Hall–Kier alpha value is -2.42. The van der Waals surface area contributed by atoms with Crippen molar-refractivity contribution in [1.82, 2.24) is 0 Å². The van der Waals surface area contributed by atoms with E-state index in [0.717, 1.165) is 0 Å². The number of hydrogen-bond donors (Lipinski definition) is 1. The van der Waals surface area contributed by atoms with Crippen molar-refractivity contribution in [3.63, 3.8) is 0 Å². The van der Waals surface area contributed by atoms with Crippen LogP contribution in [-0.4, -0.2) is 10.8 Å². The van der Waals surface area contributed by atoms with Crippen LogP contribution in [-0.2, 0) is 0 Å². The number of benzene rings is 1. The zero-order valence-electron chi connectivity index (χ0n) is 7.85. The highest BCUT2D eigenvalue weighted by Crippen LogP contribution is 2.25. The van der Waals surface area contributed by atoms with E-state index < -0.39 is 10.8 Å². The number of nitro groups is 1. The lowest BCUT2D eigenvalue weighted by Gasteiger charge is -2.03. The molecule has 2 N–H and O–H groups in total. The van der Waals surface area contributed by atoms with Gasteiger partial charge in [0, 0.05) is 11.1 Å². The number of nitro benzene ring substituents is 1. The first-order chi connectivity index (χ1) is 6.99. The van der Waals surface area contributed by atoms with Crippen molar-refractivity contribution in [2.75, 3.05) is 0 Å². The van der Waals surface area contributed by atoms with E-state index in [2.05, 4.69) is 0 Å². The minimum atomic E-state index is -0.750. The minimum absolute atomic E-state index is 0.0562. The Morgan fingerprint density at radius 2 is 2.20 bits per heavy atom. The smallest absolute Gasteiger partial charge is 0.290 e. The van der Waals surface area contributed by atoms with E-state index in [-0.39, 0.29) is 22.4 Å². The highest BCUT2D eigenvalue weighted by molar-refractivity contribution is 5.95. The molecule has 0 aliphatic rings. The molecule has 0 heterocycles. The fourth-order valence-electron chi connectivity index (χ4n) is 1.29. The van der Waals surface area contributed by atoms with Gasteiger partial charge in [0.2, 0.25) is 5.91 Å². The van der Waals surface area contributed by atoms with Crippen LogP contribution in [0.25, 0.3) is 0 Å². The van der Waals surface area contributed by atoms with E-state index in [1.54, 1.807) is 6.07 Å². The van der Waals surface area contributed by atoms with Crippen molar-refractivity contribution >= 4 is 11.6 Å². The van der Waals surface area contributed by atoms with Crippen LogP contribution in [0.15, 0.2) is 12.1 Å². The summed E-state index contributed by atoms with van der Waals surface area (Å²) in [6, 6.07) is 4.21. The standard InChI is InChI=1S/C9H7N3O3/c1-5-7(9(11)13)3-2-6(4-10)8(5)12(14)15/h2-3H,1H3,(H2,11,13). The average Bonchev–Trinajstić information content (AvgIpc) is 2.15. The maximum absolute atomic E-state index is 10.9. The number of nitrogens with two attached hydrogens (primary N) is 1. The molecule has 0 bridgehead atoms. The number of amides is 1. The molecule has 0 aromatic heterocycles. The Bertz CT molecular complexity index is 488. The number of hydrogen-bond acceptors (Lipinski definition) is 4. The lowest BCUT2D eigenvalue weighted by molar-refractivity contribution is -0.385. The molecule has 1 aromatic rings. The monoisotopic (exact) mass is 205 g/mol. The van der Waals surface area contributed by atoms with E-state index in [1.165, 1.54) is 19.1 Å². The van der Waals surface area contributed by atoms with Crippen LogP contribution in [0.4, 0.5) is 5.69 Å². The van der Waals surface area contributed by atoms with Crippen molar-refractivity contribution in [3.05, 3.63) is 38.9 Å². The molecule has 0 aliphatic heterocycles. The molecule has 0 saturated heterocycles. The second-order valence-corrected chi connectivity index (χ2v) is 2.87. The minimum Gasteiger partial charge on any atom is -0.366 e. The van der Waals surface area contributed by atoms with E-state index in [1.807, 2.05) is 0 Å². The molecule has 76 valence electrons. The summed E-state index contributed by atoms with van der Waals surface area (Å²) in [4.78, 5) is 20.9. The van der Waals surface area contributed by atoms with Crippen LogP contribution in [0.3, 0.4) is 0 Å². The number of carbonyl (C=O) groups is 1. The summed E-state index contributed by atoms with van der Waals surface area (Å²) >= 11 is 0. The molecule has 1 aromatic carbocycles. The summed E-state index contributed by atoms with van der Waals surface area (Å²) in [5.41, 5.74) is 4.76. The van der Waals surface area contributed by atoms with Crippen molar-refractivity contribution < 1.29 is 9.72 Å². The SMILES string of the molecule is Cc1c(C(N)=O)ccc(C#N)c1[N+](=O)[O-]. The molecule has 0 fully saturated rings. The molecule has 0 spiro atoms. The third-order valence-corrected chi connectivity index (χ3v) is 2.00. The van der Waals surface area contributed by atoms with Gasteiger partial charge in [-0.3, -0.25) is 14.9 Å². The predicted octanol–water partition coefficient (Wildman–Crippen LogP) is 0.874. The summed E-state index contributed by atoms with van der Waals surface area (Å²) in [6.45, 7) is 1.39. The highest BCUT2D eigenvalue weighted by Gasteiger charge is 2.21. The number of rotatable bonds is 2. The maximum Gasteiger partial charge on any atom is 0.290 e. The van der Waals surface area contributed by atoms with E-state index in [0.29, 0.717) is 0 Å². The number of nitrogens with zero attached hydrogens (tertiary/aromatic N) is 2. The zero-order valence-corrected chi connectivity index (χ0v) is 7.85. The molecule has 0 radical (unpaired) electrons. The topological polar surface area (TPSA) is 110 Å². The van der Waals surface area contributed by atoms with Gasteiger partial charge in [-0.2, -0.15) is 5.26 Å². The average molecular weight is 205 g/mol. The van der Waals surface area contributed by atoms with Crippen molar-refractivity contribution in [2.24, 2.45) is 5.73 Å². The Morgan fingerprint density at radius 3 is 2.60 bits per heavy atom. The maximum atomic E-state index is 10.9. The lowest BCUT2D eigenvalue weighted by Crippen LogP contribution is -2.14. The third kappa shape index (κ3) is 1.76. The summed E-state index contributed by atoms with van der Waals surface area (Å²) in [5, 5.41) is 19.3. The molecule has 15 heavy (non-hydrogen) atoms. The van der Waals surface area contributed by atoms with Crippen molar-refractivity contribution in [1.29, 1.82) is 5.26 Å². The molecular formula is C9H7N3O3. The summed E-state index contributed by atoms with van der Waals surface area (Å²) < 4.78 is 0. The zero-order chi connectivity index (χ0) is 11.6. The van der Waals surface area contributed by atoms with Gasteiger partial charge in [-0.05, 0) is 19.1 Å². The molecule has 1 amide bonds. The second-order valence-electron chi connectivity index (χ2n) is 2.87. The Morgan fingerprint density at radius 1 is 1.60 bits per heavy atom. The summed E-state index contributed by atoms with van der Waals surface area (Å²) in [5.74, 6) is -0.750. The molecule has 0 atom stereocenters. The van der Waals surface area contributed by atoms with Crippen molar-refractivity contribution in [3.8, 4) is 6.07 Å². The lowest BCUT2D eigenvalue weighted by atomic mass is 10.0. The molecule has 1 rings (SSSR count). The Balaban J connectivity index is 3.58. The van der Waals surface area contributed by atoms with Crippen LogP contribution in [0.1, 0.15) is 21.5 Å². The normalized spacial score (nSPS) is 9.33. The van der Waals surface area contributed by atoms with Gasteiger partial charge in [-0.15, -0.1) is 0 Å². The van der Waals surface area contributed by atoms with Gasteiger partial charge in [0.05, 0.1) is 4.92 Å². The molecule has 0 unspecified atom stereocenters. The van der Waals surface area contributed by atoms with Crippen LogP contribution < -0.4 is 5.73 Å². The van der Waals surface area contributed by atoms with Crippen LogP contribution in [0.2, 0.25) is 0 Å². The van der Waals surface area contributed by atoms with Gasteiger partial charge in [0.25, 0.3) is 5.69 Å². The molecule has 0 saturated carbocycles. The summed E-state index contributed by atoms with van der Waals surface area (Å²) in [7, 11) is 0. The quantitative estimate of drug-likeness (QED) is 0.570. The number of primary amides is 1. The fourth-order valence-corrected chi connectivity index (χ4v) is 1.29. The van der Waals surface area contributed by atoms with Crippen LogP contribution in [0, 0.1) is 28.4 Å². The van der Waals surface area contributed by atoms with Gasteiger partial charge < -0.3 is 5.73 Å². The molecule has 6 heteroatoms. The van der Waals surface area contributed by atoms with E-state index in [9.17, 15) is 14.9 Å². The number of nitriles is 1. The fraction of sp³-hybridized carbons (Fsp3) is 0.111.